The van der Waals surface area contributed by atoms with E-state index in [2.05, 4.69) is 21.5 Å². The van der Waals surface area contributed by atoms with E-state index >= 15 is 0 Å². The van der Waals surface area contributed by atoms with Gasteiger partial charge in [-0.15, -0.1) is 0 Å². The van der Waals surface area contributed by atoms with Gasteiger partial charge in [0.15, 0.2) is 5.76 Å². The maximum Gasteiger partial charge on any atom is 0.167 e. The Hall–Kier alpha value is -2.50. The van der Waals surface area contributed by atoms with Gasteiger partial charge in [0.05, 0.1) is 24.4 Å². The molecule has 5 nitrogen and oxygen atoms in total. The predicted octanol–water partition coefficient (Wildman–Crippen LogP) is 2.84. The molecular weight excluding hydrogens is 302 g/mol. The van der Waals surface area contributed by atoms with E-state index in [0.717, 1.165) is 35.5 Å². The van der Waals surface area contributed by atoms with Crippen LogP contribution in [0.5, 0.6) is 0 Å². The smallest absolute Gasteiger partial charge is 0.167 e. The SMILES string of the molecule is c1ccc(-c2cc(CC3(NCc4cccnc4)COC3)no2)cc1. The van der Waals surface area contributed by atoms with Gasteiger partial charge in [0.2, 0.25) is 0 Å². The average molecular weight is 321 g/mol. The minimum atomic E-state index is -0.0827. The molecule has 1 N–H and O–H groups in total. The fourth-order valence-electron chi connectivity index (χ4n) is 2.89. The van der Waals surface area contributed by atoms with Crippen LogP contribution in [0.1, 0.15) is 11.3 Å². The van der Waals surface area contributed by atoms with Gasteiger partial charge in [-0.25, -0.2) is 0 Å². The second kappa shape index (κ2) is 6.55. The molecule has 0 radical (unpaired) electrons. The van der Waals surface area contributed by atoms with Gasteiger partial charge < -0.3 is 14.6 Å². The summed E-state index contributed by atoms with van der Waals surface area (Å²) < 4.78 is 11.0. The van der Waals surface area contributed by atoms with Crippen LogP contribution in [0, 0.1) is 0 Å². The molecule has 1 aliphatic heterocycles. The quantitative estimate of drug-likeness (QED) is 0.756. The highest BCUT2D eigenvalue weighted by Gasteiger charge is 2.39. The molecule has 1 fully saturated rings. The summed E-state index contributed by atoms with van der Waals surface area (Å²) in [5, 5.41) is 7.83. The van der Waals surface area contributed by atoms with Gasteiger partial charge in [0, 0.05) is 37.0 Å². The van der Waals surface area contributed by atoms with E-state index in [1.165, 1.54) is 0 Å². The maximum absolute atomic E-state index is 5.50. The van der Waals surface area contributed by atoms with Crippen molar-refractivity contribution in [1.29, 1.82) is 0 Å². The highest BCUT2D eigenvalue weighted by Crippen LogP contribution is 2.26. The summed E-state index contributed by atoms with van der Waals surface area (Å²) in [7, 11) is 0. The standard InChI is InChI=1S/C19H19N3O2/c1-2-6-16(7-3-1)18-9-17(22-24-18)10-19(13-23-14-19)21-12-15-5-4-8-20-11-15/h1-9,11,21H,10,12-14H2. The first-order valence-electron chi connectivity index (χ1n) is 8.06. The van der Waals surface area contributed by atoms with Crippen molar-refractivity contribution in [2.24, 2.45) is 0 Å². The van der Waals surface area contributed by atoms with E-state index < -0.39 is 0 Å². The van der Waals surface area contributed by atoms with Crippen LogP contribution in [0.3, 0.4) is 0 Å². The van der Waals surface area contributed by atoms with E-state index in [-0.39, 0.29) is 5.54 Å². The first kappa shape index (κ1) is 15.1. The number of hydrogen-bond acceptors (Lipinski definition) is 5. The minimum Gasteiger partial charge on any atom is -0.377 e. The number of hydrogen-bond donors (Lipinski definition) is 1. The lowest BCUT2D eigenvalue weighted by atomic mass is 9.90. The van der Waals surface area contributed by atoms with E-state index in [9.17, 15) is 0 Å². The van der Waals surface area contributed by atoms with Crippen LogP contribution in [-0.2, 0) is 17.7 Å². The predicted molar refractivity (Wildman–Crippen MR) is 90.3 cm³/mol. The molecule has 0 amide bonds. The normalized spacial score (nSPS) is 15.8. The molecule has 5 heteroatoms. The van der Waals surface area contributed by atoms with Crippen molar-refractivity contribution < 1.29 is 9.26 Å². The molecule has 0 bridgehead atoms. The highest BCUT2D eigenvalue weighted by atomic mass is 16.5. The van der Waals surface area contributed by atoms with E-state index in [1.54, 1.807) is 6.20 Å². The summed E-state index contributed by atoms with van der Waals surface area (Å²) in [4.78, 5) is 4.15. The topological polar surface area (TPSA) is 60.2 Å². The lowest BCUT2D eigenvalue weighted by molar-refractivity contribution is -0.0755. The third-order valence-corrected chi connectivity index (χ3v) is 4.28. The van der Waals surface area contributed by atoms with Crippen molar-refractivity contribution in [1.82, 2.24) is 15.5 Å². The molecule has 0 atom stereocenters. The van der Waals surface area contributed by atoms with Gasteiger partial charge in [-0.1, -0.05) is 41.6 Å². The zero-order chi connectivity index (χ0) is 16.2. The number of pyridine rings is 1. The Bertz CT molecular complexity index is 783. The Morgan fingerprint density at radius 3 is 2.67 bits per heavy atom. The van der Waals surface area contributed by atoms with Crippen molar-refractivity contribution in [3.63, 3.8) is 0 Å². The second-order valence-corrected chi connectivity index (χ2v) is 6.21. The Morgan fingerprint density at radius 2 is 1.96 bits per heavy atom. The number of nitrogens with zero attached hydrogens (tertiary/aromatic N) is 2. The molecule has 0 saturated carbocycles. The summed E-state index contributed by atoms with van der Waals surface area (Å²) in [6.07, 6.45) is 4.44. The summed E-state index contributed by atoms with van der Waals surface area (Å²) in [5.41, 5.74) is 3.06. The number of aromatic nitrogens is 2. The zero-order valence-electron chi connectivity index (χ0n) is 13.3. The molecule has 3 heterocycles. The molecule has 24 heavy (non-hydrogen) atoms. The molecule has 1 aliphatic rings. The summed E-state index contributed by atoms with van der Waals surface area (Å²) >= 11 is 0. The molecule has 0 unspecified atom stereocenters. The molecular formula is C19H19N3O2. The zero-order valence-corrected chi connectivity index (χ0v) is 13.3. The van der Waals surface area contributed by atoms with E-state index in [0.29, 0.717) is 13.2 Å². The van der Waals surface area contributed by atoms with Gasteiger partial charge in [-0.2, -0.15) is 0 Å². The molecule has 1 saturated heterocycles. The van der Waals surface area contributed by atoms with E-state index in [4.69, 9.17) is 9.26 Å². The van der Waals surface area contributed by atoms with Gasteiger partial charge in [-0.3, -0.25) is 4.98 Å². The van der Waals surface area contributed by atoms with Gasteiger partial charge >= 0.3 is 0 Å². The van der Waals surface area contributed by atoms with Crippen molar-refractivity contribution in [2.75, 3.05) is 13.2 Å². The molecule has 122 valence electrons. The van der Waals surface area contributed by atoms with Gasteiger partial charge in [0.1, 0.15) is 0 Å². The molecule has 1 aromatic carbocycles. The lowest BCUT2D eigenvalue weighted by Gasteiger charge is -2.42. The average Bonchev–Trinajstić information content (AvgIpc) is 3.07. The van der Waals surface area contributed by atoms with Crippen LogP contribution in [-0.4, -0.2) is 28.9 Å². The highest BCUT2D eigenvalue weighted by molar-refractivity contribution is 5.56. The lowest BCUT2D eigenvalue weighted by Crippen LogP contribution is -2.61. The minimum absolute atomic E-state index is 0.0827. The maximum atomic E-state index is 5.50. The summed E-state index contributed by atoms with van der Waals surface area (Å²) in [6, 6.07) is 16.1. The number of nitrogens with one attached hydrogen (secondary N) is 1. The fraction of sp³-hybridized carbons (Fsp3) is 0.263. The largest absolute Gasteiger partial charge is 0.377 e. The Balaban J connectivity index is 1.44. The van der Waals surface area contributed by atoms with Crippen LogP contribution >= 0.6 is 0 Å². The third-order valence-electron chi connectivity index (χ3n) is 4.28. The van der Waals surface area contributed by atoms with Crippen molar-refractivity contribution in [2.45, 2.75) is 18.5 Å². The first-order chi connectivity index (χ1) is 11.8. The molecule has 4 rings (SSSR count). The molecule has 2 aromatic heterocycles. The number of rotatable bonds is 6. The van der Waals surface area contributed by atoms with Crippen LogP contribution in [0.25, 0.3) is 11.3 Å². The molecule has 3 aromatic rings. The van der Waals surface area contributed by atoms with Crippen molar-refractivity contribution in [3.8, 4) is 11.3 Å². The van der Waals surface area contributed by atoms with Crippen molar-refractivity contribution in [3.05, 3.63) is 72.2 Å². The van der Waals surface area contributed by atoms with Crippen LogP contribution < -0.4 is 5.32 Å². The Kier molecular flexibility index (Phi) is 4.11. The van der Waals surface area contributed by atoms with Crippen LogP contribution in [0.2, 0.25) is 0 Å². The molecule has 0 spiro atoms. The third kappa shape index (κ3) is 3.22. The van der Waals surface area contributed by atoms with Gasteiger partial charge in [0.25, 0.3) is 0 Å². The van der Waals surface area contributed by atoms with Crippen LogP contribution in [0.4, 0.5) is 0 Å². The first-order valence-corrected chi connectivity index (χ1v) is 8.06. The Labute approximate surface area is 140 Å². The monoisotopic (exact) mass is 321 g/mol. The number of ether oxygens (including phenoxy) is 1. The van der Waals surface area contributed by atoms with Gasteiger partial charge in [-0.05, 0) is 11.6 Å². The summed E-state index contributed by atoms with van der Waals surface area (Å²) in [5.74, 6) is 0.799. The Morgan fingerprint density at radius 1 is 1.08 bits per heavy atom. The number of benzene rings is 1. The second-order valence-electron chi connectivity index (χ2n) is 6.21. The fourth-order valence-corrected chi connectivity index (χ4v) is 2.89. The van der Waals surface area contributed by atoms with E-state index in [1.807, 2.05) is 48.7 Å². The summed E-state index contributed by atoms with van der Waals surface area (Å²) in [6.45, 7) is 2.13. The van der Waals surface area contributed by atoms with Crippen LogP contribution in [0.15, 0.2) is 65.4 Å². The molecule has 0 aliphatic carbocycles. The van der Waals surface area contributed by atoms with Crippen molar-refractivity contribution >= 4 is 0 Å².